The lowest BCUT2D eigenvalue weighted by Gasteiger charge is -2.38. The molecule has 1 rings (SSSR count). The van der Waals surface area contributed by atoms with Crippen LogP contribution in [0.2, 0.25) is 0 Å². The lowest BCUT2D eigenvalue weighted by atomic mass is 9.97. The van der Waals surface area contributed by atoms with Gasteiger partial charge in [0.05, 0.1) is 6.42 Å². The van der Waals surface area contributed by atoms with Crippen LogP contribution in [0.4, 0.5) is 4.79 Å². The van der Waals surface area contributed by atoms with Crippen LogP contribution in [0.25, 0.3) is 0 Å². The third kappa shape index (κ3) is 3.81. The second-order valence-electron chi connectivity index (χ2n) is 3.91. The first-order chi connectivity index (χ1) is 7.63. The summed E-state index contributed by atoms with van der Waals surface area (Å²) in [5.41, 5.74) is 0. The van der Waals surface area contributed by atoms with Gasteiger partial charge in [0, 0.05) is 32.0 Å². The summed E-state index contributed by atoms with van der Waals surface area (Å²) in [7, 11) is 0. The summed E-state index contributed by atoms with van der Waals surface area (Å²) in [5.74, 6) is 1.80. The Kier molecular flexibility index (Phi) is 4.65. The minimum absolute atomic E-state index is 0.106. The van der Waals surface area contributed by atoms with Crippen molar-refractivity contribution in [1.82, 2.24) is 10.2 Å². The Morgan fingerprint density at radius 1 is 1.50 bits per heavy atom. The number of amides is 2. The van der Waals surface area contributed by atoms with E-state index in [2.05, 4.69) is 11.2 Å². The fourth-order valence-electron chi connectivity index (χ4n) is 1.61. The normalized spacial score (nSPS) is 15.1. The molecule has 0 aromatic rings. The molecular formula is C11H16N2O3. The van der Waals surface area contributed by atoms with Gasteiger partial charge < -0.3 is 15.3 Å². The maximum Gasteiger partial charge on any atom is 0.317 e. The number of likely N-dealkylation sites (tertiary alicyclic amines) is 1. The SMILES string of the molecule is C#CCCCNC(=O)N1CC(CC(=O)O)C1. The average Bonchev–Trinajstić information content (AvgIpc) is 2.17. The third-order valence-corrected chi connectivity index (χ3v) is 2.48. The molecule has 1 saturated heterocycles. The van der Waals surface area contributed by atoms with E-state index in [1.54, 1.807) is 4.90 Å². The summed E-state index contributed by atoms with van der Waals surface area (Å²) < 4.78 is 0. The molecule has 1 heterocycles. The highest BCUT2D eigenvalue weighted by atomic mass is 16.4. The number of hydrogen-bond acceptors (Lipinski definition) is 2. The molecule has 2 N–H and O–H groups in total. The summed E-state index contributed by atoms with van der Waals surface area (Å²) in [6, 6.07) is -0.126. The molecule has 0 aromatic carbocycles. The molecular weight excluding hydrogens is 208 g/mol. The van der Waals surface area contributed by atoms with Crippen molar-refractivity contribution in [3.63, 3.8) is 0 Å². The number of hydrogen-bond donors (Lipinski definition) is 2. The largest absolute Gasteiger partial charge is 0.481 e. The fraction of sp³-hybridized carbons (Fsp3) is 0.636. The Morgan fingerprint density at radius 2 is 2.19 bits per heavy atom. The second kappa shape index (κ2) is 6.01. The Hall–Kier alpha value is -1.70. The van der Waals surface area contributed by atoms with E-state index in [-0.39, 0.29) is 18.4 Å². The first-order valence-electron chi connectivity index (χ1n) is 5.31. The standard InChI is InChI=1S/C11H16N2O3/c1-2-3-4-5-12-11(16)13-7-9(8-13)6-10(14)15/h1,9H,3-8H2,(H,12,16)(H,14,15). The van der Waals surface area contributed by atoms with Gasteiger partial charge in [-0.15, -0.1) is 12.3 Å². The quantitative estimate of drug-likeness (QED) is 0.528. The molecule has 88 valence electrons. The highest BCUT2D eigenvalue weighted by Crippen LogP contribution is 2.18. The van der Waals surface area contributed by atoms with E-state index in [0.29, 0.717) is 26.1 Å². The summed E-state index contributed by atoms with van der Waals surface area (Å²) in [6.45, 7) is 1.64. The number of nitrogens with zero attached hydrogens (tertiary/aromatic N) is 1. The van der Waals surface area contributed by atoms with Gasteiger partial charge in [0.15, 0.2) is 0 Å². The molecule has 16 heavy (non-hydrogen) atoms. The number of urea groups is 1. The van der Waals surface area contributed by atoms with Gasteiger partial charge in [-0.3, -0.25) is 4.79 Å². The molecule has 0 saturated carbocycles. The molecule has 0 atom stereocenters. The second-order valence-corrected chi connectivity index (χ2v) is 3.91. The molecule has 1 aliphatic rings. The van der Waals surface area contributed by atoms with Crippen molar-refractivity contribution in [2.24, 2.45) is 5.92 Å². The van der Waals surface area contributed by atoms with Gasteiger partial charge in [-0.05, 0) is 6.42 Å². The number of rotatable bonds is 5. The third-order valence-electron chi connectivity index (χ3n) is 2.48. The van der Waals surface area contributed by atoms with Gasteiger partial charge in [0.2, 0.25) is 0 Å². The maximum absolute atomic E-state index is 11.4. The van der Waals surface area contributed by atoms with Crippen molar-refractivity contribution in [2.45, 2.75) is 19.3 Å². The van der Waals surface area contributed by atoms with Gasteiger partial charge >= 0.3 is 12.0 Å². The Bertz CT molecular complexity index is 303. The summed E-state index contributed by atoms with van der Waals surface area (Å²) >= 11 is 0. The number of carboxylic acid groups (broad SMARTS) is 1. The van der Waals surface area contributed by atoms with Crippen molar-refractivity contribution in [3.05, 3.63) is 0 Å². The maximum atomic E-state index is 11.4. The molecule has 0 bridgehead atoms. The predicted octanol–water partition coefficient (Wildman–Crippen LogP) is 0.516. The Balaban J connectivity index is 2.08. The van der Waals surface area contributed by atoms with E-state index in [4.69, 9.17) is 11.5 Å². The number of unbranched alkanes of at least 4 members (excludes halogenated alkanes) is 1. The molecule has 0 unspecified atom stereocenters. The van der Waals surface area contributed by atoms with Gasteiger partial charge in [0.1, 0.15) is 0 Å². The minimum Gasteiger partial charge on any atom is -0.481 e. The topological polar surface area (TPSA) is 69.6 Å². The monoisotopic (exact) mass is 224 g/mol. The molecule has 5 nitrogen and oxygen atoms in total. The van der Waals surface area contributed by atoms with Crippen LogP contribution in [-0.2, 0) is 4.79 Å². The molecule has 1 aliphatic heterocycles. The smallest absolute Gasteiger partial charge is 0.317 e. The number of carbonyl (C=O) groups excluding carboxylic acids is 1. The van der Waals surface area contributed by atoms with E-state index < -0.39 is 5.97 Å². The number of aliphatic carboxylic acids is 1. The van der Waals surface area contributed by atoms with E-state index in [1.165, 1.54) is 0 Å². The fourth-order valence-corrected chi connectivity index (χ4v) is 1.61. The first kappa shape index (κ1) is 12.4. The van der Waals surface area contributed by atoms with Crippen LogP contribution in [0.15, 0.2) is 0 Å². The predicted molar refractivity (Wildman–Crippen MR) is 58.8 cm³/mol. The lowest BCUT2D eigenvalue weighted by molar-refractivity contribution is -0.139. The van der Waals surface area contributed by atoms with Crippen molar-refractivity contribution in [1.29, 1.82) is 0 Å². The summed E-state index contributed by atoms with van der Waals surface area (Å²) in [4.78, 5) is 23.4. The van der Waals surface area contributed by atoms with Crippen LogP contribution in [-0.4, -0.2) is 41.6 Å². The summed E-state index contributed by atoms with van der Waals surface area (Å²) in [5, 5.41) is 11.3. The van der Waals surface area contributed by atoms with Gasteiger partial charge in [-0.2, -0.15) is 0 Å². The van der Waals surface area contributed by atoms with Gasteiger partial charge in [-0.1, -0.05) is 0 Å². The van der Waals surface area contributed by atoms with Crippen LogP contribution in [0.5, 0.6) is 0 Å². The zero-order chi connectivity index (χ0) is 12.0. The van der Waals surface area contributed by atoms with E-state index in [9.17, 15) is 9.59 Å². The van der Waals surface area contributed by atoms with E-state index in [0.717, 1.165) is 6.42 Å². The van der Waals surface area contributed by atoms with Crippen LogP contribution in [0.3, 0.4) is 0 Å². The van der Waals surface area contributed by atoms with Crippen LogP contribution < -0.4 is 5.32 Å². The van der Waals surface area contributed by atoms with Crippen LogP contribution in [0, 0.1) is 18.3 Å². The van der Waals surface area contributed by atoms with Crippen LogP contribution >= 0.6 is 0 Å². The van der Waals surface area contributed by atoms with Crippen molar-refractivity contribution < 1.29 is 14.7 Å². The van der Waals surface area contributed by atoms with Crippen molar-refractivity contribution >= 4 is 12.0 Å². The Labute approximate surface area is 94.8 Å². The molecule has 0 radical (unpaired) electrons. The molecule has 0 spiro atoms. The zero-order valence-corrected chi connectivity index (χ0v) is 9.11. The van der Waals surface area contributed by atoms with Crippen molar-refractivity contribution in [3.8, 4) is 12.3 Å². The van der Waals surface area contributed by atoms with E-state index >= 15 is 0 Å². The van der Waals surface area contributed by atoms with Crippen LogP contribution in [0.1, 0.15) is 19.3 Å². The summed E-state index contributed by atoms with van der Waals surface area (Å²) in [6.07, 6.45) is 6.65. The molecule has 1 fully saturated rings. The highest BCUT2D eigenvalue weighted by molar-refractivity contribution is 5.75. The number of carbonyl (C=O) groups is 2. The molecule has 2 amide bonds. The molecule has 0 aliphatic carbocycles. The minimum atomic E-state index is -0.806. The lowest BCUT2D eigenvalue weighted by Crippen LogP contribution is -2.54. The van der Waals surface area contributed by atoms with E-state index in [1.807, 2.05) is 0 Å². The number of carboxylic acids is 1. The molecule has 5 heteroatoms. The number of nitrogens with one attached hydrogen (secondary N) is 1. The Morgan fingerprint density at radius 3 is 2.75 bits per heavy atom. The number of terminal acetylenes is 1. The van der Waals surface area contributed by atoms with Gasteiger partial charge in [0.25, 0.3) is 0 Å². The highest BCUT2D eigenvalue weighted by Gasteiger charge is 2.31. The van der Waals surface area contributed by atoms with Crippen molar-refractivity contribution in [2.75, 3.05) is 19.6 Å². The first-order valence-corrected chi connectivity index (χ1v) is 5.31. The zero-order valence-electron chi connectivity index (χ0n) is 9.11. The van der Waals surface area contributed by atoms with Gasteiger partial charge in [-0.25, -0.2) is 4.79 Å². The average molecular weight is 224 g/mol. The molecule has 0 aromatic heterocycles.